The second kappa shape index (κ2) is 10.9. The molecule has 6 heteroatoms. The predicted molar refractivity (Wildman–Crippen MR) is 111 cm³/mol. The number of benzene rings is 2. The molecule has 2 rings (SSSR count). The van der Waals surface area contributed by atoms with Crippen LogP contribution in [0.25, 0.3) is 6.08 Å². The smallest absolute Gasteiger partial charge is 0.328 e. The third kappa shape index (κ3) is 6.68. The van der Waals surface area contributed by atoms with Gasteiger partial charge < -0.3 is 19.7 Å². The molecule has 0 fully saturated rings. The summed E-state index contributed by atoms with van der Waals surface area (Å²) < 4.78 is 11.5. The number of carbonyl (C=O) groups is 2. The first-order valence-corrected chi connectivity index (χ1v) is 9.54. The van der Waals surface area contributed by atoms with Gasteiger partial charge in [-0.15, -0.1) is 0 Å². The van der Waals surface area contributed by atoms with E-state index in [0.29, 0.717) is 48.7 Å². The van der Waals surface area contributed by atoms with Crippen LogP contribution in [0.1, 0.15) is 48.2 Å². The number of carboxylic acids is 1. The fourth-order valence-corrected chi connectivity index (χ4v) is 2.80. The van der Waals surface area contributed by atoms with Gasteiger partial charge in [-0.2, -0.15) is 0 Å². The molecule has 2 aromatic carbocycles. The number of rotatable bonds is 11. The minimum absolute atomic E-state index is 0.00476. The maximum absolute atomic E-state index is 11.6. The van der Waals surface area contributed by atoms with Gasteiger partial charge in [-0.25, -0.2) is 4.79 Å². The highest BCUT2D eigenvalue weighted by atomic mass is 16.5. The molecule has 0 aliphatic rings. The highest BCUT2D eigenvalue weighted by Gasteiger charge is 2.15. The molecule has 6 nitrogen and oxygen atoms in total. The van der Waals surface area contributed by atoms with Gasteiger partial charge in [0.2, 0.25) is 0 Å². The lowest BCUT2D eigenvalue weighted by Crippen LogP contribution is -2.07. The lowest BCUT2D eigenvalue weighted by molar-refractivity contribution is -0.131. The maximum atomic E-state index is 11.6. The van der Waals surface area contributed by atoms with Gasteiger partial charge in [0, 0.05) is 18.1 Å². The summed E-state index contributed by atoms with van der Waals surface area (Å²) >= 11 is 0. The van der Waals surface area contributed by atoms with Crippen LogP contribution in [0.4, 0.5) is 0 Å². The van der Waals surface area contributed by atoms with E-state index in [1.165, 1.54) is 13.0 Å². The van der Waals surface area contributed by atoms with Crippen molar-refractivity contribution in [1.29, 1.82) is 0 Å². The van der Waals surface area contributed by atoms with Crippen LogP contribution < -0.4 is 9.47 Å². The molecule has 0 radical (unpaired) electrons. The zero-order valence-electron chi connectivity index (χ0n) is 16.7. The lowest BCUT2D eigenvalue weighted by Gasteiger charge is -2.15. The van der Waals surface area contributed by atoms with E-state index in [2.05, 4.69) is 0 Å². The summed E-state index contributed by atoms with van der Waals surface area (Å²) in [7, 11) is 0. The standard InChI is InChI=1S/C23H26O6/c1-3-5-20-21(12-11-19(16(2)24)23(20)27)29-15-4-14-28-18-9-6-17(7-10-18)8-13-22(25)26/h6-13,27H,3-5,14-15H2,1-2H3,(H,25,26)/b13-8+. The summed E-state index contributed by atoms with van der Waals surface area (Å²) in [6, 6.07) is 10.4. The molecule has 0 bridgehead atoms. The molecule has 0 aliphatic heterocycles. The number of phenols is 1. The molecular formula is C23H26O6. The summed E-state index contributed by atoms with van der Waals surface area (Å²) in [5.41, 5.74) is 1.75. The first-order chi connectivity index (χ1) is 13.9. The third-order valence-electron chi connectivity index (χ3n) is 4.23. The number of ether oxygens (including phenoxy) is 2. The van der Waals surface area contributed by atoms with Gasteiger partial charge in [-0.3, -0.25) is 4.79 Å². The molecule has 0 spiro atoms. The fourth-order valence-electron chi connectivity index (χ4n) is 2.80. The van der Waals surface area contributed by atoms with Crippen molar-refractivity contribution in [3.63, 3.8) is 0 Å². The third-order valence-corrected chi connectivity index (χ3v) is 4.23. The van der Waals surface area contributed by atoms with Gasteiger partial charge >= 0.3 is 5.97 Å². The molecule has 0 unspecified atom stereocenters. The second-order valence-electron chi connectivity index (χ2n) is 6.54. The molecule has 0 heterocycles. The van der Waals surface area contributed by atoms with Crippen molar-refractivity contribution >= 4 is 17.8 Å². The molecule has 2 N–H and O–H groups in total. The van der Waals surface area contributed by atoms with E-state index in [1.54, 1.807) is 36.4 Å². The molecule has 0 amide bonds. The lowest BCUT2D eigenvalue weighted by atomic mass is 10.0. The molecule has 2 aromatic rings. The quantitative estimate of drug-likeness (QED) is 0.329. The molecule has 0 saturated carbocycles. The fraction of sp³-hybridized carbons (Fsp3) is 0.304. The van der Waals surface area contributed by atoms with Crippen LogP contribution >= 0.6 is 0 Å². The van der Waals surface area contributed by atoms with E-state index < -0.39 is 5.97 Å². The van der Waals surface area contributed by atoms with Crippen molar-refractivity contribution < 1.29 is 29.3 Å². The molecule has 29 heavy (non-hydrogen) atoms. The van der Waals surface area contributed by atoms with E-state index in [4.69, 9.17) is 14.6 Å². The zero-order chi connectivity index (χ0) is 21.2. The number of ketones is 1. The SMILES string of the molecule is CCCc1c(OCCCOc2ccc(/C=C/C(=O)O)cc2)ccc(C(C)=O)c1O. The molecule has 0 saturated heterocycles. The predicted octanol–water partition coefficient (Wildman–Crippen LogP) is 4.49. The number of carboxylic acid groups (broad SMARTS) is 1. The first-order valence-electron chi connectivity index (χ1n) is 9.54. The number of carbonyl (C=O) groups excluding carboxylic acids is 1. The number of aliphatic carboxylic acids is 1. The number of hydrogen-bond acceptors (Lipinski definition) is 5. The zero-order valence-corrected chi connectivity index (χ0v) is 16.7. The van der Waals surface area contributed by atoms with E-state index in [0.717, 1.165) is 18.1 Å². The van der Waals surface area contributed by atoms with Crippen LogP contribution in [0.15, 0.2) is 42.5 Å². The molecule has 154 valence electrons. The van der Waals surface area contributed by atoms with Crippen molar-refractivity contribution in [1.82, 2.24) is 0 Å². The Balaban J connectivity index is 1.85. The van der Waals surface area contributed by atoms with Crippen LogP contribution in [-0.4, -0.2) is 35.2 Å². The molecule has 0 atom stereocenters. The van der Waals surface area contributed by atoms with Gasteiger partial charge in [0.1, 0.15) is 17.2 Å². The Morgan fingerprint density at radius 3 is 2.34 bits per heavy atom. The Hall–Kier alpha value is -3.28. The van der Waals surface area contributed by atoms with Crippen LogP contribution in [0.3, 0.4) is 0 Å². The maximum Gasteiger partial charge on any atom is 0.328 e. The Kier molecular flexibility index (Phi) is 8.27. The van der Waals surface area contributed by atoms with Gasteiger partial charge in [-0.1, -0.05) is 25.5 Å². The van der Waals surface area contributed by atoms with Crippen molar-refractivity contribution in [3.05, 3.63) is 59.2 Å². The van der Waals surface area contributed by atoms with Gasteiger partial charge in [0.15, 0.2) is 5.78 Å². The summed E-state index contributed by atoms with van der Waals surface area (Å²) in [6.45, 7) is 4.29. The number of phenolic OH excluding ortho intramolecular Hbond substituents is 1. The first kappa shape index (κ1) is 22.0. The second-order valence-corrected chi connectivity index (χ2v) is 6.54. The Morgan fingerprint density at radius 1 is 1.03 bits per heavy atom. The largest absolute Gasteiger partial charge is 0.507 e. The number of Topliss-reactive ketones (excluding diaryl/α,β-unsaturated/α-hetero) is 1. The normalized spacial score (nSPS) is 10.8. The highest BCUT2D eigenvalue weighted by molar-refractivity contribution is 5.97. The average Bonchev–Trinajstić information content (AvgIpc) is 2.69. The van der Waals surface area contributed by atoms with Crippen LogP contribution in [0.5, 0.6) is 17.2 Å². The van der Waals surface area contributed by atoms with Crippen molar-refractivity contribution in [3.8, 4) is 17.2 Å². The van der Waals surface area contributed by atoms with Gasteiger partial charge in [0.05, 0.1) is 18.8 Å². The van der Waals surface area contributed by atoms with Gasteiger partial charge in [-0.05, 0) is 49.2 Å². The van der Waals surface area contributed by atoms with Gasteiger partial charge in [0.25, 0.3) is 0 Å². The summed E-state index contributed by atoms with van der Waals surface area (Å²) in [5.74, 6) is 0.114. The molecular weight excluding hydrogens is 372 g/mol. The minimum atomic E-state index is -0.989. The minimum Gasteiger partial charge on any atom is -0.507 e. The molecule has 0 aromatic heterocycles. The monoisotopic (exact) mass is 398 g/mol. The summed E-state index contributed by atoms with van der Waals surface area (Å²) in [4.78, 5) is 22.1. The van der Waals surface area contributed by atoms with Crippen LogP contribution in [-0.2, 0) is 11.2 Å². The topological polar surface area (TPSA) is 93.1 Å². The van der Waals surface area contributed by atoms with Crippen LogP contribution in [0, 0.1) is 0 Å². The van der Waals surface area contributed by atoms with E-state index >= 15 is 0 Å². The van der Waals surface area contributed by atoms with Crippen LogP contribution in [0.2, 0.25) is 0 Å². The summed E-state index contributed by atoms with van der Waals surface area (Å²) in [5, 5.41) is 19.0. The van der Waals surface area contributed by atoms with Crippen molar-refractivity contribution in [2.24, 2.45) is 0 Å². The summed E-state index contributed by atoms with van der Waals surface area (Å²) in [6.07, 6.45) is 4.69. The average molecular weight is 398 g/mol. The van der Waals surface area contributed by atoms with Crippen molar-refractivity contribution in [2.75, 3.05) is 13.2 Å². The van der Waals surface area contributed by atoms with E-state index in [-0.39, 0.29) is 11.5 Å². The van der Waals surface area contributed by atoms with E-state index in [1.807, 2.05) is 6.92 Å². The number of aromatic hydroxyl groups is 1. The Labute approximate surface area is 170 Å². The number of hydrogen-bond donors (Lipinski definition) is 2. The Bertz CT molecular complexity index is 868. The van der Waals surface area contributed by atoms with E-state index in [9.17, 15) is 14.7 Å². The Morgan fingerprint density at radius 2 is 1.72 bits per heavy atom. The highest BCUT2D eigenvalue weighted by Crippen LogP contribution is 2.33. The van der Waals surface area contributed by atoms with Crippen molar-refractivity contribution in [2.45, 2.75) is 33.1 Å². The molecule has 0 aliphatic carbocycles.